The molecule has 0 atom stereocenters. The Morgan fingerprint density at radius 1 is 1.29 bits per heavy atom. The van der Waals surface area contributed by atoms with Gasteiger partial charge in [0.05, 0.1) is 6.54 Å². The second-order valence-corrected chi connectivity index (χ2v) is 5.24. The van der Waals surface area contributed by atoms with Gasteiger partial charge in [-0.15, -0.1) is 0 Å². The van der Waals surface area contributed by atoms with Crippen molar-refractivity contribution in [1.82, 2.24) is 5.32 Å². The Labute approximate surface area is 110 Å². The fourth-order valence-electron chi connectivity index (χ4n) is 2.13. The average Bonchev–Trinajstić information content (AvgIpc) is 2.81. The highest BCUT2D eigenvalue weighted by Gasteiger charge is 2.16. The Kier molecular flexibility index (Phi) is 4.42. The van der Waals surface area contributed by atoms with Gasteiger partial charge in [0, 0.05) is 16.2 Å². The number of halogens is 1. The Morgan fingerprint density at radius 3 is 2.71 bits per heavy atom. The van der Waals surface area contributed by atoms with E-state index in [4.69, 9.17) is 0 Å². The number of carbonyl (C=O) groups excluding carboxylic acids is 1. The minimum absolute atomic E-state index is 0.0765. The maximum Gasteiger partial charge on any atom is 0.239 e. The fourth-order valence-corrected chi connectivity index (χ4v) is 2.55. The summed E-state index contributed by atoms with van der Waals surface area (Å²) in [5, 5.41) is 6.18. The van der Waals surface area contributed by atoms with Crippen LogP contribution in [0, 0.1) is 0 Å². The molecule has 2 N–H and O–H groups in total. The van der Waals surface area contributed by atoms with Crippen molar-refractivity contribution in [3.8, 4) is 0 Å². The maximum absolute atomic E-state index is 11.7. The van der Waals surface area contributed by atoms with Crippen LogP contribution in [-0.2, 0) is 4.79 Å². The second-order valence-electron chi connectivity index (χ2n) is 4.38. The number of rotatable bonds is 4. The van der Waals surface area contributed by atoms with Crippen LogP contribution in [0.4, 0.5) is 5.69 Å². The Bertz CT molecular complexity index is 389. The molecule has 0 aromatic heterocycles. The van der Waals surface area contributed by atoms with Crippen LogP contribution in [0.2, 0.25) is 0 Å². The van der Waals surface area contributed by atoms with E-state index < -0.39 is 0 Å². The van der Waals surface area contributed by atoms with Gasteiger partial charge in [0.25, 0.3) is 0 Å². The number of benzene rings is 1. The SMILES string of the molecule is O=C(CNc1ccccc1Br)NC1CCCC1. The molecule has 17 heavy (non-hydrogen) atoms. The summed E-state index contributed by atoms with van der Waals surface area (Å²) in [4.78, 5) is 11.7. The summed E-state index contributed by atoms with van der Waals surface area (Å²) >= 11 is 3.44. The Hall–Kier alpha value is -1.03. The van der Waals surface area contributed by atoms with E-state index in [1.165, 1.54) is 12.8 Å². The number of anilines is 1. The van der Waals surface area contributed by atoms with E-state index >= 15 is 0 Å². The number of nitrogens with one attached hydrogen (secondary N) is 2. The van der Waals surface area contributed by atoms with Crippen LogP contribution in [0.25, 0.3) is 0 Å². The summed E-state index contributed by atoms with van der Waals surface area (Å²) < 4.78 is 0.980. The minimum atomic E-state index is 0.0765. The van der Waals surface area contributed by atoms with Crippen molar-refractivity contribution in [3.05, 3.63) is 28.7 Å². The molecule has 92 valence electrons. The van der Waals surface area contributed by atoms with Crippen LogP contribution in [-0.4, -0.2) is 18.5 Å². The topological polar surface area (TPSA) is 41.1 Å². The first kappa shape index (κ1) is 12.4. The quantitative estimate of drug-likeness (QED) is 0.897. The summed E-state index contributed by atoms with van der Waals surface area (Å²) in [5.74, 6) is 0.0765. The third-order valence-electron chi connectivity index (χ3n) is 3.03. The van der Waals surface area contributed by atoms with E-state index in [1.807, 2.05) is 24.3 Å². The highest BCUT2D eigenvalue weighted by molar-refractivity contribution is 9.10. The van der Waals surface area contributed by atoms with Crippen LogP contribution in [0.1, 0.15) is 25.7 Å². The molecule has 1 fully saturated rings. The zero-order chi connectivity index (χ0) is 12.1. The lowest BCUT2D eigenvalue weighted by atomic mass is 10.2. The minimum Gasteiger partial charge on any atom is -0.375 e. The van der Waals surface area contributed by atoms with E-state index in [0.717, 1.165) is 23.0 Å². The van der Waals surface area contributed by atoms with Gasteiger partial charge in [-0.1, -0.05) is 25.0 Å². The van der Waals surface area contributed by atoms with Crippen molar-refractivity contribution >= 4 is 27.5 Å². The molecule has 0 aliphatic heterocycles. The van der Waals surface area contributed by atoms with Gasteiger partial charge in [-0.3, -0.25) is 4.79 Å². The van der Waals surface area contributed by atoms with Gasteiger partial charge in [-0.25, -0.2) is 0 Å². The predicted octanol–water partition coefficient (Wildman–Crippen LogP) is 2.92. The maximum atomic E-state index is 11.7. The number of para-hydroxylation sites is 1. The first-order valence-corrected chi connectivity index (χ1v) is 6.83. The molecule has 0 saturated heterocycles. The van der Waals surface area contributed by atoms with Crippen LogP contribution >= 0.6 is 15.9 Å². The molecule has 0 spiro atoms. The zero-order valence-corrected chi connectivity index (χ0v) is 11.3. The third-order valence-corrected chi connectivity index (χ3v) is 3.73. The molecule has 4 heteroatoms. The first-order chi connectivity index (χ1) is 8.25. The standard InChI is InChI=1S/C13H17BrN2O/c14-11-7-3-4-8-12(11)15-9-13(17)16-10-5-1-2-6-10/h3-4,7-8,10,15H,1-2,5-6,9H2,(H,16,17). The van der Waals surface area contributed by atoms with Crippen LogP contribution < -0.4 is 10.6 Å². The van der Waals surface area contributed by atoms with Gasteiger partial charge in [-0.05, 0) is 40.9 Å². The van der Waals surface area contributed by atoms with Crippen molar-refractivity contribution in [1.29, 1.82) is 0 Å². The molecule has 1 aromatic carbocycles. The number of amides is 1. The smallest absolute Gasteiger partial charge is 0.239 e. The van der Waals surface area contributed by atoms with E-state index in [-0.39, 0.29) is 5.91 Å². The summed E-state index contributed by atoms with van der Waals surface area (Å²) in [6.45, 7) is 0.332. The Balaban J connectivity index is 1.77. The van der Waals surface area contributed by atoms with E-state index in [1.54, 1.807) is 0 Å². The van der Waals surface area contributed by atoms with Crippen LogP contribution in [0.3, 0.4) is 0 Å². The van der Waals surface area contributed by atoms with Crippen LogP contribution in [0.15, 0.2) is 28.7 Å². The molecule has 0 bridgehead atoms. The lowest BCUT2D eigenvalue weighted by molar-refractivity contribution is -0.120. The molecule has 0 radical (unpaired) electrons. The van der Waals surface area contributed by atoms with E-state index in [0.29, 0.717) is 12.6 Å². The lowest BCUT2D eigenvalue weighted by Gasteiger charge is -2.13. The van der Waals surface area contributed by atoms with Crippen molar-refractivity contribution in [2.75, 3.05) is 11.9 Å². The summed E-state index contributed by atoms with van der Waals surface area (Å²) in [6, 6.07) is 8.20. The molecular weight excluding hydrogens is 280 g/mol. The van der Waals surface area contributed by atoms with Crippen molar-refractivity contribution < 1.29 is 4.79 Å². The fraction of sp³-hybridized carbons (Fsp3) is 0.462. The van der Waals surface area contributed by atoms with Gasteiger partial charge in [0.2, 0.25) is 5.91 Å². The second kappa shape index (κ2) is 6.05. The van der Waals surface area contributed by atoms with Crippen LogP contribution in [0.5, 0.6) is 0 Å². The molecule has 1 aliphatic rings. The highest BCUT2D eigenvalue weighted by Crippen LogP contribution is 2.21. The normalized spacial score (nSPS) is 15.8. The molecule has 1 amide bonds. The molecule has 1 aromatic rings. The molecule has 2 rings (SSSR count). The van der Waals surface area contributed by atoms with Gasteiger partial charge in [0.1, 0.15) is 0 Å². The number of carbonyl (C=O) groups is 1. The lowest BCUT2D eigenvalue weighted by Crippen LogP contribution is -2.36. The largest absolute Gasteiger partial charge is 0.375 e. The summed E-state index contributed by atoms with van der Waals surface area (Å²) in [5.41, 5.74) is 0.953. The number of hydrogen-bond donors (Lipinski definition) is 2. The summed E-state index contributed by atoms with van der Waals surface area (Å²) in [6.07, 6.45) is 4.73. The summed E-state index contributed by atoms with van der Waals surface area (Å²) in [7, 11) is 0. The van der Waals surface area contributed by atoms with E-state index in [9.17, 15) is 4.79 Å². The van der Waals surface area contributed by atoms with Gasteiger partial charge in [0.15, 0.2) is 0 Å². The van der Waals surface area contributed by atoms with Gasteiger partial charge >= 0.3 is 0 Å². The number of hydrogen-bond acceptors (Lipinski definition) is 2. The van der Waals surface area contributed by atoms with Crippen molar-refractivity contribution in [2.45, 2.75) is 31.7 Å². The molecule has 0 unspecified atom stereocenters. The van der Waals surface area contributed by atoms with E-state index in [2.05, 4.69) is 26.6 Å². The third kappa shape index (κ3) is 3.73. The predicted molar refractivity (Wildman–Crippen MR) is 73.0 cm³/mol. The Morgan fingerprint density at radius 2 is 2.00 bits per heavy atom. The molecule has 1 aliphatic carbocycles. The first-order valence-electron chi connectivity index (χ1n) is 6.03. The molecule has 1 saturated carbocycles. The molecule has 0 heterocycles. The van der Waals surface area contributed by atoms with Crippen molar-refractivity contribution in [3.63, 3.8) is 0 Å². The highest BCUT2D eigenvalue weighted by atomic mass is 79.9. The monoisotopic (exact) mass is 296 g/mol. The average molecular weight is 297 g/mol. The van der Waals surface area contributed by atoms with Gasteiger partial charge in [-0.2, -0.15) is 0 Å². The molecule has 3 nitrogen and oxygen atoms in total. The molecular formula is C13H17BrN2O. The van der Waals surface area contributed by atoms with Crippen molar-refractivity contribution in [2.24, 2.45) is 0 Å². The zero-order valence-electron chi connectivity index (χ0n) is 9.71. The van der Waals surface area contributed by atoms with Gasteiger partial charge < -0.3 is 10.6 Å².